The van der Waals surface area contributed by atoms with E-state index in [0.717, 1.165) is 35.0 Å². The first kappa shape index (κ1) is 13.8. The van der Waals surface area contributed by atoms with Gasteiger partial charge >= 0.3 is 0 Å². The van der Waals surface area contributed by atoms with E-state index in [1.807, 2.05) is 29.8 Å². The van der Waals surface area contributed by atoms with Crippen LogP contribution in [0.5, 0.6) is 5.75 Å². The smallest absolute Gasteiger partial charge is 0.120 e. The number of methoxy groups -OCH3 is 1. The summed E-state index contributed by atoms with van der Waals surface area (Å²) in [5.74, 6) is 0.775. The number of hydrogen-bond acceptors (Lipinski definition) is 5. The second kappa shape index (κ2) is 6.49. The maximum absolute atomic E-state index is 5.71. The Labute approximate surface area is 121 Å². The Balaban J connectivity index is 2.06. The van der Waals surface area contributed by atoms with Crippen LogP contribution in [0.1, 0.15) is 10.6 Å². The lowest BCUT2D eigenvalue weighted by Crippen LogP contribution is -2.14. The molecule has 19 heavy (non-hydrogen) atoms. The number of nitrogens with zero attached hydrogens (tertiary/aromatic N) is 1. The van der Waals surface area contributed by atoms with Crippen LogP contribution in [0, 0.1) is 0 Å². The van der Waals surface area contributed by atoms with Gasteiger partial charge in [-0.05, 0) is 12.1 Å². The maximum Gasteiger partial charge on any atom is 0.120 e. The predicted molar refractivity (Wildman–Crippen MR) is 83.2 cm³/mol. The van der Waals surface area contributed by atoms with Gasteiger partial charge in [0.15, 0.2) is 0 Å². The molecule has 2 aromatic rings. The van der Waals surface area contributed by atoms with E-state index in [1.165, 1.54) is 0 Å². The van der Waals surface area contributed by atoms with E-state index in [0.29, 0.717) is 4.99 Å². The van der Waals surface area contributed by atoms with Gasteiger partial charge in [-0.25, -0.2) is 4.98 Å². The van der Waals surface area contributed by atoms with Crippen LogP contribution in [0.3, 0.4) is 0 Å². The number of nitrogens with one attached hydrogen (secondary N) is 1. The highest BCUT2D eigenvalue weighted by molar-refractivity contribution is 7.80. The Bertz CT molecular complexity index is 555. The van der Waals surface area contributed by atoms with Crippen molar-refractivity contribution < 1.29 is 4.74 Å². The Morgan fingerprint density at radius 3 is 3.00 bits per heavy atom. The second-order valence-corrected chi connectivity index (χ2v) is 5.30. The number of thiocarbonyl (C=S) groups is 1. The number of hydrogen-bond donors (Lipinski definition) is 2. The van der Waals surface area contributed by atoms with Gasteiger partial charge in [-0.2, -0.15) is 0 Å². The molecule has 0 aliphatic rings. The van der Waals surface area contributed by atoms with Gasteiger partial charge in [0.05, 0.1) is 12.1 Å². The first-order chi connectivity index (χ1) is 9.20. The van der Waals surface area contributed by atoms with Gasteiger partial charge in [-0.3, -0.25) is 0 Å². The number of thiazole rings is 1. The maximum atomic E-state index is 5.71. The van der Waals surface area contributed by atoms with Crippen molar-refractivity contribution in [3.8, 4) is 5.75 Å². The topological polar surface area (TPSA) is 60.2 Å². The number of nitrogens with two attached hydrogens (primary N) is 1. The first-order valence-corrected chi connectivity index (χ1v) is 7.09. The van der Waals surface area contributed by atoms with Gasteiger partial charge in [-0.15, -0.1) is 11.3 Å². The zero-order valence-electron chi connectivity index (χ0n) is 10.6. The van der Waals surface area contributed by atoms with Gasteiger partial charge in [-0.1, -0.05) is 12.2 Å². The lowest BCUT2D eigenvalue weighted by Gasteiger charge is -2.12. The van der Waals surface area contributed by atoms with E-state index >= 15 is 0 Å². The Hall–Kier alpha value is -1.66. The molecule has 0 amide bonds. The van der Waals surface area contributed by atoms with Gasteiger partial charge in [0.2, 0.25) is 0 Å². The Kier molecular flexibility index (Phi) is 4.70. The van der Waals surface area contributed by atoms with Crippen LogP contribution in [0.15, 0.2) is 29.8 Å². The Morgan fingerprint density at radius 1 is 1.53 bits per heavy atom. The molecule has 0 unspecified atom stereocenters. The van der Waals surface area contributed by atoms with E-state index < -0.39 is 0 Å². The van der Waals surface area contributed by atoms with Crippen LogP contribution in [-0.2, 0) is 6.42 Å². The lowest BCUT2D eigenvalue weighted by molar-refractivity contribution is 0.415. The average molecular weight is 293 g/mol. The van der Waals surface area contributed by atoms with Crippen molar-refractivity contribution in [3.05, 3.63) is 40.3 Å². The van der Waals surface area contributed by atoms with Gasteiger partial charge < -0.3 is 15.8 Å². The molecule has 0 saturated carbocycles. The summed E-state index contributed by atoms with van der Waals surface area (Å²) in [4.78, 5) is 4.62. The van der Waals surface area contributed by atoms with Crippen LogP contribution in [-0.4, -0.2) is 23.6 Å². The van der Waals surface area contributed by atoms with Gasteiger partial charge in [0.1, 0.15) is 10.7 Å². The molecule has 6 heteroatoms. The molecule has 1 heterocycles. The summed E-state index contributed by atoms with van der Waals surface area (Å²) >= 11 is 6.70. The molecule has 0 spiro atoms. The molecule has 3 N–H and O–H groups in total. The Morgan fingerprint density at radius 2 is 2.37 bits per heavy atom. The summed E-state index contributed by atoms with van der Waals surface area (Å²) in [6.07, 6.45) is 2.68. The molecule has 0 saturated heterocycles. The largest absolute Gasteiger partial charge is 0.497 e. The third kappa shape index (κ3) is 3.65. The van der Waals surface area contributed by atoms with Crippen LogP contribution in [0.2, 0.25) is 0 Å². The second-order valence-electron chi connectivity index (χ2n) is 3.88. The highest BCUT2D eigenvalue weighted by Gasteiger charge is 2.07. The summed E-state index contributed by atoms with van der Waals surface area (Å²) in [6, 6.07) is 5.61. The lowest BCUT2D eigenvalue weighted by atomic mass is 10.1. The number of benzene rings is 1. The molecule has 100 valence electrons. The highest BCUT2D eigenvalue weighted by Crippen LogP contribution is 2.22. The van der Waals surface area contributed by atoms with Crippen molar-refractivity contribution >= 4 is 34.2 Å². The molecule has 1 aromatic carbocycles. The van der Waals surface area contributed by atoms with Gasteiger partial charge in [0, 0.05) is 41.9 Å². The minimum atomic E-state index is 0.374. The molecule has 4 nitrogen and oxygen atoms in total. The predicted octanol–water partition coefficient (Wildman–Crippen LogP) is 2.44. The molecule has 0 fully saturated rings. The number of ether oxygens (including phenoxy) is 1. The number of aromatic nitrogens is 1. The minimum absolute atomic E-state index is 0.374. The number of rotatable bonds is 6. The molecule has 2 rings (SSSR count). The summed E-state index contributed by atoms with van der Waals surface area (Å²) < 4.78 is 5.21. The summed E-state index contributed by atoms with van der Waals surface area (Å²) in [5.41, 5.74) is 7.43. The zero-order valence-corrected chi connectivity index (χ0v) is 12.2. The van der Waals surface area contributed by atoms with Crippen LogP contribution >= 0.6 is 23.6 Å². The third-order valence-corrected chi connectivity index (χ3v) is 3.69. The fourth-order valence-electron chi connectivity index (χ4n) is 1.69. The summed E-state index contributed by atoms with van der Waals surface area (Å²) in [5, 5.41) is 6.40. The zero-order chi connectivity index (χ0) is 13.7. The van der Waals surface area contributed by atoms with Crippen molar-refractivity contribution in [1.82, 2.24) is 4.98 Å². The van der Waals surface area contributed by atoms with E-state index in [1.54, 1.807) is 18.4 Å². The summed E-state index contributed by atoms with van der Waals surface area (Å²) in [7, 11) is 1.63. The molecule has 0 bridgehead atoms. The minimum Gasteiger partial charge on any atom is -0.497 e. The van der Waals surface area contributed by atoms with Crippen molar-refractivity contribution in [3.63, 3.8) is 0 Å². The van der Waals surface area contributed by atoms with Crippen molar-refractivity contribution in [2.45, 2.75) is 6.42 Å². The quantitative estimate of drug-likeness (QED) is 0.801. The normalized spacial score (nSPS) is 10.2. The molecule has 0 atom stereocenters. The average Bonchev–Trinajstić information content (AvgIpc) is 2.91. The van der Waals surface area contributed by atoms with Crippen molar-refractivity contribution in [2.75, 3.05) is 19.0 Å². The third-order valence-electron chi connectivity index (χ3n) is 2.63. The van der Waals surface area contributed by atoms with Crippen molar-refractivity contribution in [2.24, 2.45) is 5.73 Å². The van der Waals surface area contributed by atoms with E-state index in [4.69, 9.17) is 22.7 Å². The van der Waals surface area contributed by atoms with Crippen molar-refractivity contribution in [1.29, 1.82) is 0 Å². The summed E-state index contributed by atoms with van der Waals surface area (Å²) in [6.45, 7) is 0.774. The van der Waals surface area contributed by atoms with Crippen LogP contribution in [0.25, 0.3) is 0 Å². The molecule has 0 radical (unpaired) electrons. The molecule has 1 aromatic heterocycles. The molecular weight excluding hydrogens is 278 g/mol. The standard InChI is InChI=1S/C13H15N3OS2/c1-17-9-2-3-10(13(14)18)11(8-9)15-5-4-12-16-6-7-19-12/h2-3,6-8,15H,4-5H2,1H3,(H2,14,18). The van der Waals surface area contributed by atoms with Crippen LogP contribution in [0.4, 0.5) is 5.69 Å². The van der Waals surface area contributed by atoms with E-state index in [-0.39, 0.29) is 0 Å². The van der Waals surface area contributed by atoms with Gasteiger partial charge in [0.25, 0.3) is 0 Å². The van der Waals surface area contributed by atoms with Crippen LogP contribution < -0.4 is 15.8 Å². The molecular formula is C13H15N3OS2. The number of anilines is 1. The SMILES string of the molecule is COc1ccc(C(N)=S)c(NCCc2nccs2)c1. The first-order valence-electron chi connectivity index (χ1n) is 5.81. The fourth-order valence-corrected chi connectivity index (χ4v) is 2.49. The molecule has 0 aliphatic carbocycles. The molecule has 0 aliphatic heterocycles. The monoisotopic (exact) mass is 293 g/mol. The van der Waals surface area contributed by atoms with E-state index in [2.05, 4.69) is 10.3 Å². The highest BCUT2D eigenvalue weighted by atomic mass is 32.1. The van der Waals surface area contributed by atoms with E-state index in [9.17, 15) is 0 Å². The fraction of sp³-hybridized carbons (Fsp3) is 0.231.